The zero-order chi connectivity index (χ0) is 21.0. The van der Waals surface area contributed by atoms with Gasteiger partial charge in [0, 0.05) is 19.7 Å². The zero-order valence-corrected chi connectivity index (χ0v) is 17.7. The Balaban J connectivity index is 1.42. The van der Waals surface area contributed by atoms with Gasteiger partial charge in [0.25, 0.3) is 0 Å². The molecule has 0 radical (unpaired) electrons. The summed E-state index contributed by atoms with van der Waals surface area (Å²) in [6.07, 6.45) is 4.23. The first kappa shape index (κ1) is 21.5. The van der Waals surface area contributed by atoms with Crippen molar-refractivity contribution in [3.63, 3.8) is 0 Å². The molecule has 0 fully saturated rings. The van der Waals surface area contributed by atoms with Gasteiger partial charge in [-0.2, -0.15) is 5.10 Å². The lowest BCUT2D eigenvalue weighted by atomic mass is 10.1. The van der Waals surface area contributed by atoms with Gasteiger partial charge >= 0.3 is 0 Å². The minimum atomic E-state index is 0.105. The van der Waals surface area contributed by atoms with Gasteiger partial charge in [-0.25, -0.2) is 14.7 Å². The van der Waals surface area contributed by atoms with Crippen LogP contribution in [0.15, 0.2) is 72.2 Å². The fourth-order valence-electron chi connectivity index (χ4n) is 2.97. The van der Waals surface area contributed by atoms with Crippen molar-refractivity contribution in [1.29, 1.82) is 0 Å². The number of nitrogens with one attached hydrogen (secondary N) is 2. The predicted octanol–water partition coefficient (Wildman–Crippen LogP) is 3.49. The number of benzene rings is 2. The maximum Gasteiger partial charge on any atom is 0.191 e. The van der Waals surface area contributed by atoms with Gasteiger partial charge in [-0.3, -0.25) is 0 Å². The predicted molar refractivity (Wildman–Crippen MR) is 120 cm³/mol. The first-order valence-corrected chi connectivity index (χ1v) is 10.4. The normalized spacial score (nSPS) is 12.5. The Morgan fingerprint density at radius 1 is 1.10 bits per heavy atom. The molecule has 3 rings (SSSR count). The van der Waals surface area contributed by atoms with Crippen LogP contribution < -0.4 is 10.6 Å². The highest BCUT2D eigenvalue weighted by Gasteiger charge is 2.04. The second-order valence-corrected chi connectivity index (χ2v) is 6.91. The van der Waals surface area contributed by atoms with Crippen LogP contribution in [0.4, 0.5) is 0 Å². The average Bonchev–Trinajstić information content (AvgIpc) is 3.33. The molecule has 1 aromatic heterocycles. The molecule has 0 spiro atoms. The largest absolute Gasteiger partial charge is 0.374 e. The molecule has 30 heavy (non-hydrogen) atoms. The van der Waals surface area contributed by atoms with Gasteiger partial charge in [0.1, 0.15) is 12.7 Å². The van der Waals surface area contributed by atoms with E-state index in [4.69, 9.17) is 4.74 Å². The van der Waals surface area contributed by atoms with Gasteiger partial charge in [0.05, 0.1) is 18.3 Å². The molecular weight excluding hydrogens is 376 g/mol. The molecule has 1 unspecified atom stereocenters. The second-order valence-electron chi connectivity index (χ2n) is 6.91. The third-order valence-electron chi connectivity index (χ3n) is 4.63. The van der Waals surface area contributed by atoms with Crippen LogP contribution in [-0.4, -0.2) is 40.4 Å². The monoisotopic (exact) mass is 406 g/mol. The van der Waals surface area contributed by atoms with E-state index in [1.165, 1.54) is 11.9 Å². The molecule has 0 aliphatic rings. The van der Waals surface area contributed by atoms with E-state index >= 15 is 0 Å². The molecule has 0 saturated carbocycles. The van der Waals surface area contributed by atoms with E-state index in [-0.39, 0.29) is 6.10 Å². The number of aliphatic imine (C=N–C) groups is 1. The Morgan fingerprint density at radius 2 is 1.90 bits per heavy atom. The lowest BCUT2D eigenvalue weighted by Crippen LogP contribution is -2.38. The summed E-state index contributed by atoms with van der Waals surface area (Å²) in [5.74, 6) is 0.814. The standard InChI is InChI=1S/C23H30N6O/c1-3-25-23(26-14-7-15-30-19(2)21-8-5-4-6-9-21)27-16-20-10-12-22(13-11-20)29-18-24-17-28-29/h4-6,8-13,17-19H,3,7,14-16H2,1-2H3,(H2,25,26,27). The highest BCUT2D eigenvalue weighted by Crippen LogP contribution is 2.15. The van der Waals surface area contributed by atoms with Crippen molar-refractivity contribution in [3.05, 3.63) is 78.4 Å². The Morgan fingerprint density at radius 3 is 2.60 bits per heavy atom. The van der Waals surface area contributed by atoms with Crippen molar-refractivity contribution < 1.29 is 4.74 Å². The van der Waals surface area contributed by atoms with Crippen molar-refractivity contribution in [2.75, 3.05) is 19.7 Å². The number of guanidine groups is 1. The third-order valence-corrected chi connectivity index (χ3v) is 4.63. The van der Waals surface area contributed by atoms with Crippen LogP contribution in [0.2, 0.25) is 0 Å². The molecular formula is C23H30N6O. The molecule has 0 amide bonds. The molecule has 7 heteroatoms. The minimum Gasteiger partial charge on any atom is -0.374 e. The fourth-order valence-corrected chi connectivity index (χ4v) is 2.97. The molecule has 0 bridgehead atoms. The van der Waals surface area contributed by atoms with E-state index in [1.54, 1.807) is 11.0 Å². The SMILES string of the molecule is CCNC(=NCc1ccc(-n2cncn2)cc1)NCCCOC(C)c1ccccc1. The summed E-state index contributed by atoms with van der Waals surface area (Å²) in [5, 5.41) is 10.8. The van der Waals surface area contributed by atoms with Gasteiger partial charge in [0.15, 0.2) is 5.96 Å². The Bertz CT molecular complexity index is 878. The van der Waals surface area contributed by atoms with Crippen LogP contribution in [-0.2, 0) is 11.3 Å². The summed E-state index contributed by atoms with van der Waals surface area (Å²) in [6.45, 7) is 7.08. The summed E-state index contributed by atoms with van der Waals surface area (Å²) >= 11 is 0. The van der Waals surface area contributed by atoms with Gasteiger partial charge in [-0.1, -0.05) is 42.5 Å². The van der Waals surface area contributed by atoms with Gasteiger partial charge in [-0.05, 0) is 43.5 Å². The van der Waals surface area contributed by atoms with E-state index in [9.17, 15) is 0 Å². The topological polar surface area (TPSA) is 76.4 Å². The number of hydrogen-bond donors (Lipinski definition) is 2. The van der Waals surface area contributed by atoms with Crippen molar-refractivity contribution >= 4 is 5.96 Å². The number of aromatic nitrogens is 3. The molecule has 7 nitrogen and oxygen atoms in total. The van der Waals surface area contributed by atoms with Crippen LogP contribution in [0, 0.1) is 0 Å². The van der Waals surface area contributed by atoms with Crippen LogP contribution in [0.1, 0.15) is 37.5 Å². The molecule has 3 aromatic rings. The van der Waals surface area contributed by atoms with Crippen LogP contribution in [0.3, 0.4) is 0 Å². The number of ether oxygens (including phenoxy) is 1. The van der Waals surface area contributed by atoms with Crippen molar-refractivity contribution in [1.82, 2.24) is 25.4 Å². The zero-order valence-electron chi connectivity index (χ0n) is 17.7. The smallest absolute Gasteiger partial charge is 0.191 e. The number of nitrogens with zero attached hydrogens (tertiary/aromatic N) is 4. The summed E-state index contributed by atoms with van der Waals surface area (Å²) in [7, 11) is 0. The highest BCUT2D eigenvalue weighted by atomic mass is 16.5. The summed E-state index contributed by atoms with van der Waals surface area (Å²) < 4.78 is 7.66. The Labute approximate surface area is 178 Å². The lowest BCUT2D eigenvalue weighted by molar-refractivity contribution is 0.0646. The molecule has 0 aliphatic carbocycles. The van der Waals surface area contributed by atoms with Crippen LogP contribution in [0.5, 0.6) is 0 Å². The summed E-state index contributed by atoms with van der Waals surface area (Å²) in [5.41, 5.74) is 3.32. The molecule has 1 atom stereocenters. The van der Waals surface area contributed by atoms with Crippen LogP contribution in [0.25, 0.3) is 5.69 Å². The maximum atomic E-state index is 5.93. The molecule has 0 saturated heterocycles. The van der Waals surface area contributed by atoms with E-state index in [1.807, 2.05) is 30.3 Å². The fraction of sp³-hybridized carbons (Fsp3) is 0.348. The Kier molecular flexibility index (Phi) is 8.41. The van der Waals surface area contributed by atoms with Crippen molar-refractivity contribution in [2.45, 2.75) is 32.9 Å². The van der Waals surface area contributed by atoms with E-state index < -0.39 is 0 Å². The summed E-state index contributed by atoms with van der Waals surface area (Å²) in [6, 6.07) is 18.4. The van der Waals surface area contributed by atoms with Crippen LogP contribution >= 0.6 is 0 Å². The maximum absolute atomic E-state index is 5.93. The summed E-state index contributed by atoms with van der Waals surface area (Å²) in [4.78, 5) is 8.65. The number of hydrogen-bond acceptors (Lipinski definition) is 4. The lowest BCUT2D eigenvalue weighted by Gasteiger charge is -2.14. The van der Waals surface area contributed by atoms with Gasteiger partial charge < -0.3 is 15.4 Å². The second kappa shape index (κ2) is 11.7. The quantitative estimate of drug-likeness (QED) is 0.306. The van der Waals surface area contributed by atoms with Crippen molar-refractivity contribution in [3.8, 4) is 5.69 Å². The Hall–Kier alpha value is -3.19. The molecule has 2 N–H and O–H groups in total. The van der Waals surface area contributed by atoms with Gasteiger partial charge in [0.2, 0.25) is 0 Å². The molecule has 158 valence electrons. The first-order chi connectivity index (χ1) is 14.8. The minimum absolute atomic E-state index is 0.105. The van der Waals surface area contributed by atoms with Crippen molar-refractivity contribution in [2.24, 2.45) is 4.99 Å². The first-order valence-electron chi connectivity index (χ1n) is 10.4. The van der Waals surface area contributed by atoms with Gasteiger partial charge in [-0.15, -0.1) is 0 Å². The van der Waals surface area contributed by atoms with E-state index in [0.717, 1.165) is 36.7 Å². The van der Waals surface area contributed by atoms with E-state index in [0.29, 0.717) is 13.2 Å². The number of rotatable bonds is 10. The molecule has 2 aromatic carbocycles. The highest BCUT2D eigenvalue weighted by molar-refractivity contribution is 5.79. The third kappa shape index (κ3) is 6.70. The molecule has 1 heterocycles. The average molecular weight is 407 g/mol. The van der Waals surface area contributed by atoms with E-state index in [2.05, 4.69) is 63.8 Å². The molecule has 0 aliphatic heterocycles.